The molecule has 38 heavy (non-hydrogen) atoms. The van der Waals surface area contributed by atoms with Crippen molar-refractivity contribution in [2.24, 2.45) is 57.8 Å². The third-order valence-corrected chi connectivity index (χ3v) is 12.3. The minimum Gasteiger partial charge on any atom is -0.396 e. The lowest BCUT2D eigenvalue weighted by molar-refractivity contribution is -0.127. The van der Waals surface area contributed by atoms with Crippen LogP contribution >= 0.6 is 0 Å². The van der Waals surface area contributed by atoms with Gasteiger partial charge < -0.3 is 32.5 Å². The van der Waals surface area contributed by atoms with E-state index in [4.69, 9.17) is 11.5 Å². The lowest BCUT2D eigenvalue weighted by Gasteiger charge is -2.63. The Morgan fingerprint density at radius 3 is 2.18 bits per heavy atom. The highest BCUT2D eigenvalue weighted by Crippen LogP contribution is 2.67. The zero-order valence-corrected chi connectivity index (χ0v) is 25.2. The molecule has 6 nitrogen and oxygen atoms in total. The highest BCUT2D eigenvalue weighted by Gasteiger charge is 2.62. The molecule has 0 bridgehead atoms. The monoisotopic (exact) mass is 534 g/mol. The second kappa shape index (κ2) is 14.1. The summed E-state index contributed by atoms with van der Waals surface area (Å²) in [5.41, 5.74) is 13.5. The van der Waals surface area contributed by atoms with Gasteiger partial charge in [-0.15, -0.1) is 0 Å². The summed E-state index contributed by atoms with van der Waals surface area (Å²) < 4.78 is 0. The van der Waals surface area contributed by atoms with Crippen LogP contribution in [-0.2, 0) is 0 Å². The van der Waals surface area contributed by atoms with Crippen LogP contribution in [-0.4, -0.2) is 63.1 Å². The van der Waals surface area contributed by atoms with Crippen molar-refractivity contribution in [3.63, 3.8) is 0 Å². The first-order valence-corrected chi connectivity index (χ1v) is 16.6. The molecular weight excluding hydrogens is 470 g/mol. The van der Waals surface area contributed by atoms with Crippen LogP contribution in [0.4, 0.5) is 0 Å². The van der Waals surface area contributed by atoms with Crippen LogP contribution in [0.5, 0.6) is 0 Å². The summed E-state index contributed by atoms with van der Waals surface area (Å²) in [5.74, 6) is 4.15. The Morgan fingerprint density at radius 2 is 1.47 bits per heavy atom. The quantitative estimate of drug-likeness (QED) is 0.178. The summed E-state index contributed by atoms with van der Waals surface area (Å²) in [5, 5.41) is 21.0. The summed E-state index contributed by atoms with van der Waals surface area (Å²) in [7, 11) is 0. The molecule has 10 atom stereocenters. The molecule has 4 saturated carbocycles. The second-order valence-electron chi connectivity index (χ2n) is 14.4. The molecule has 0 aromatic rings. The minimum atomic E-state index is 0.338. The van der Waals surface area contributed by atoms with Gasteiger partial charge in [0.05, 0.1) is 0 Å². The fourth-order valence-corrected chi connectivity index (χ4v) is 10.1. The molecule has 4 aliphatic carbocycles. The van der Waals surface area contributed by atoms with Gasteiger partial charge in [-0.3, -0.25) is 0 Å². The van der Waals surface area contributed by atoms with Gasteiger partial charge in [-0.1, -0.05) is 20.8 Å². The van der Waals surface area contributed by atoms with E-state index in [1.54, 1.807) is 0 Å². The van der Waals surface area contributed by atoms with Gasteiger partial charge in [-0.2, -0.15) is 0 Å². The predicted octanol–water partition coefficient (Wildman–Crippen LogP) is 3.87. The van der Waals surface area contributed by atoms with Crippen LogP contribution < -0.4 is 27.4 Å². The van der Waals surface area contributed by atoms with Crippen molar-refractivity contribution >= 4 is 0 Å². The Balaban J connectivity index is 1.18. The molecule has 0 spiro atoms. The van der Waals surface area contributed by atoms with Gasteiger partial charge in [0.15, 0.2) is 0 Å². The number of hydrogen-bond donors (Lipinski definition) is 6. The molecule has 0 amide bonds. The Kier molecular flexibility index (Phi) is 11.4. The number of aliphatic hydroxyl groups excluding tert-OH is 1. The van der Waals surface area contributed by atoms with Gasteiger partial charge in [-0.05, 0) is 163 Å². The standard InChI is InChI=1S/C32H63N5O/c1-23(22-38)26-8-9-27-30-28(11-13-32(26,27)3)31(2)12-10-25(20-24(31)21-29(30)34)37-19-7-18-36-16-5-4-15-35-17-6-14-33/h23-30,35-38H,4-22,33-34H2,1-3H3/t23-,24-,25+,26-,27+,28+,29-,30+,31+,32-/m1/s1. The highest BCUT2D eigenvalue weighted by atomic mass is 16.3. The van der Waals surface area contributed by atoms with Crippen LogP contribution in [0, 0.1) is 46.3 Å². The summed E-state index contributed by atoms with van der Waals surface area (Å²) in [6.45, 7) is 14.2. The van der Waals surface area contributed by atoms with Crippen molar-refractivity contribution < 1.29 is 5.11 Å². The van der Waals surface area contributed by atoms with Crippen molar-refractivity contribution in [2.45, 2.75) is 110 Å². The van der Waals surface area contributed by atoms with Gasteiger partial charge >= 0.3 is 0 Å². The van der Waals surface area contributed by atoms with E-state index in [0.717, 1.165) is 63.4 Å². The van der Waals surface area contributed by atoms with Crippen molar-refractivity contribution in [3.05, 3.63) is 0 Å². The molecule has 0 radical (unpaired) electrons. The Bertz CT molecular complexity index is 707. The van der Waals surface area contributed by atoms with Crippen LogP contribution in [0.25, 0.3) is 0 Å². The summed E-state index contributed by atoms with van der Waals surface area (Å²) in [4.78, 5) is 0. The van der Waals surface area contributed by atoms with E-state index in [9.17, 15) is 5.11 Å². The molecule has 6 heteroatoms. The molecule has 4 aliphatic rings. The molecule has 222 valence electrons. The van der Waals surface area contributed by atoms with Crippen molar-refractivity contribution in [1.82, 2.24) is 16.0 Å². The normalized spacial score (nSPS) is 41.4. The van der Waals surface area contributed by atoms with Crippen molar-refractivity contribution in [1.29, 1.82) is 0 Å². The highest BCUT2D eigenvalue weighted by molar-refractivity contribution is 5.12. The van der Waals surface area contributed by atoms with Crippen molar-refractivity contribution in [3.8, 4) is 0 Å². The lowest BCUT2D eigenvalue weighted by atomic mass is 9.43. The summed E-state index contributed by atoms with van der Waals surface area (Å²) in [6, 6.07) is 1.04. The summed E-state index contributed by atoms with van der Waals surface area (Å²) >= 11 is 0. The first-order chi connectivity index (χ1) is 18.3. The average molecular weight is 534 g/mol. The zero-order chi connectivity index (χ0) is 27.2. The predicted molar refractivity (Wildman–Crippen MR) is 160 cm³/mol. The van der Waals surface area contributed by atoms with Crippen LogP contribution in [0.2, 0.25) is 0 Å². The zero-order valence-electron chi connectivity index (χ0n) is 25.2. The molecule has 0 aromatic heterocycles. The fraction of sp³-hybridized carbons (Fsp3) is 1.00. The fourth-order valence-electron chi connectivity index (χ4n) is 10.1. The van der Waals surface area contributed by atoms with Gasteiger partial charge in [0.25, 0.3) is 0 Å². The number of unbranched alkanes of at least 4 members (excludes halogenated alkanes) is 1. The summed E-state index contributed by atoms with van der Waals surface area (Å²) in [6.07, 6.45) is 15.4. The molecule has 0 heterocycles. The molecule has 4 rings (SSSR count). The van der Waals surface area contributed by atoms with E-state index in [2.05, 4.69) is 36.7 Å². The Labute approximate surface area is 234 Å². The first kappa shape index (κ1) is 30.7. The number of hydrogen-bond acceptors (Lipinski definition) is 6. The lowest BCUT2D eigenvalue weighted by Crippen LogP contribution is -2.61. The number of aliphatic hydroxyl groups is 1. The van der Waals surface area contributed by atoms with Crippen LogP contribution in [0.15, 0.2) is 0 Å². The number of nitrogens with one attached hydrogen (secondary N) is 3. The third-order valence-electron chi connectivity index (χ3n) is 12.3. The van der Waals surface area contributed by atoms with Crippen LogP contribution in [0.3, 0.4) is 0 Å². The van der Waals surface area contributed by atoms with E-state index in [0.29, 0.717) is 47.3 Å². The molecule has 8 N–H and O–H groups in total. The van der Waals surface area contributed by atoms with E-state index in [1.807, 2.05) is 0 Å². The molecule has 4 fully saturated rings. The molecule has 0 unspecified atom stereocenters. The molecule has 0 saturated heterocycles. The molecule has 0 aliphatic heterocycles. The van der Waals surface area contributed by atoms with Crippen molar-refractivity contribution in [2.75, 3.05) is 45.9 Å². The van der Waals surface area contributed by atoms with Gasteiger partial charge in [0.1, 0.15) is 0 Å². The topological polar surface area (TPSA) is 108 Å². The van der Waals surface area contributed by atoms with E-state index in [-0.39, 0.29) is 0 Å². The maximum absolute atomic E-state index is 9.93. The second-order valence-corrected chi connectivity index (χ2v) is 14.4. The van der Waals surface area contributed by atoms with E-state index in [1.165, 1.54) is 70.6 Å². The average Bonchev–Trinajstić information content (AvgIpc) is 3.26. The molecule has 0 aromatic carbocycles. The Hall–Kier alpha value is -0.240. The maximum Gasteiger partial charge on any atom is 0.0459 e. The van der Waals surface area contributed by atoms with Crippen LogP contribution in [0.1, 0.15) is 97.8 Å². The molecular formula is C32H63N5O. The van der Waals surface area contributed by atoms with Gasteiger partial charge in [0.2, 0.25) is 0 Å². The van der Waals surface area contributed by atoms with E-state index >= 15 is 0 Å². The SMILES string of the molecule is C[C@H](CO)[C@H]1CC[C@H]2[C@@H]3[C@H](N)C[C@H]4C[C@@H](NCCCNCCCCNCCCN)CC[C@]4(C)[C@H]3CC[C@]12C. The number of nitrogens with two attached hydrogens (primary N) is 2. The first-order valence-electron chi connectivity index (χ1n) is 16.6. The number of fused-ring (bicyclic) bond motifs is 5. The Morgan fingerprint density at radius 1 is 0.816 bits per heavy atom. The maximum atomic E-state index is 9.93. The van der Waals surface area contributed by atoms with Gasteiger partial charge in [0, 0.05) is 18.7 Å². The van der Waals surface area contributed by atoms with E-state index < -0.39 is 0 Å². The minimum absolute atomic E-state index is 0.338. The smallest absolute Gasteiger partial charge is 0.0459 e. The number of rotatable bonds is 15. The van der Waals surface area contributed by atoms with Gasteiger partial charge in [-0.25, -0.2) is 0 Å². The largest absolute Gasteiger partial charge is 0.396 e. The third kappa shape index (κ3) is 6.62.